The fraction of sp³-hybridized carbons (Fsp3) is 0.609. The van der Waals surface area contributed by atoms with Gasteiger partial charge in [0, 0.05) is 54.1 Å². The van der Waals surface area contributed by atoms with E-state index in [-0.39, 0.29) is 11.7 Å². The lowest BCUT2D eigenvalue weighted by Gasteiger charge is -2.36. The molecule has 1 aliphatic heterocycles. The summed E-state index contributed by atoms with van der Waals surface area (Å²) in [5, 5.41) is 6.53. The van der Waals surface area contributed by atoms with Gasteiger partial charge in [-0.2, -0.15) is 0 Å². The molecule has 6 heteroatoms. The maximum absolute atomic E-state index is 13.4. The van der Waals surface area contributed by atoms with Gasteiger partial charge in [0.1, 0.15) is 5.82 Å². The van der Waals surface area contributed by atoms with Crippen molar-refractivity contribution < 1.29 is 9.18 Å². The molecule has 2 aliphatic rings. The molecule has 0 spiro atoms. The lowest BCUT2D eigenvalue weighted by molar-refractivity contribution is -0.122. The minimum atomic E-state index is -0.169. The zero-order valence-corrected chi connectivity index (χ0v) is 18.1. The Labute approximate surface area is 177 Å². The Morgan fingerprint density at radius 2 is 1.93 bits per heavy atom. The van der Waals surface area contributed by atoms with Crippen molar-refractivity contribution in [2.75, 3.05) is 37.6 Å². The standard InChI is InChI=1S/C23H32FN3OS/c1-17-4-7-19(8-5-17)25-23(28)3-2-10-26-11-13-27(14-12-26)21-16-29-22-15-18(24)6-9-20(21)22/h6,9,15-17,19H,2-5,7-8,10-14H2,1H3,(H,25,28)/t17-,19-. The predicted octanol–water partition coefficient (Wildman–Crippen LogP) is 4.64. The summed E-state index contributed by atoms with van der Waals surface area (Å²) >= 11 is 1.61. The molecule has 1 amide bonds. The minimum Gasteiger partial charge on any atom is -0.368 e. The SMILES string of the molecule is C[C@H]1CC[C@H](NC(=O)CCCN2CCN(c3csc4cc(F)ccc34)CC2)CC1. The van der Waals surface area contributed by atoms with Crippen LogP contribution in [0.4, 0.5) is 10.1 Å². The topological polar surface area (TPSA) is 35.6 Å². The highest BCUT2D eigenvalue weighted by Gasteiger charge is 2.21. The predicted molar refractivity (Wildman–Crippen MR) is 119 cm³/mol. The van der Waals surface area contributed by atoms with Crippen molar-refractivity contribution in [3.05, 3.63) is 29.4 Å². The van der Waals surface area contributed by atoms with Gasteiger partial charge in [-0.1, -0.05) is 6.92 Å². The highest BCUT2D eigenvalue weighted by Crippen LogP contribution is 2.34. The number of rotatable bonds is 6. The number of hydrogen-bond acceptors (Lipinski definition) is 4. The second-order valence-electron chi connectivity index (χ2n) is 8.72. The lowest BCUT2D eigenvalue weighted by Crippen LogP contribution is -2.46. The molecule has 4 rings (SSSR count). The molecule has 1 aromatic heterocycles. The highest BCUT2D eigenvalue weighted by atomic mass is 32.1. The quantitative estimate of drug-likeness (QED) is 0.744. The Morgan fingerprint density at radius 1 is 1.17 bits per heavy atom. The average molecular weight is 418 g/mol. The number of hydrogen-bond donors (Lipinski definition) is 1. The third-order valence-electron chi connectivity index (χ3n) is 6.49. The van der Waals surface area contributed by atoms with Gasteiger partial charge in [-0.25, -0.2) is 4.39 Å². The zero-order chi connectivity index (χ0) is 20.2. The van der Waals surface area contributed by atoms with E-state index in [1.807, 2.05) is 6.07 Å². The van der Waals surface area contributed by atoms with Crippen LogP contribution in [0, 0.1) is 11.7 Å². The molecule has 1 aromatic carbocycles. The van der Waals surface area contributed by atoms with Gasteiger partial charge in [0.25, 0.3) is 0 Å². The maximum Gasteiger partial charge on any atom is 0.220 e. The normalized spacial score (nSPS) is 23.4. The first-order valence-corrected chi connectivity index (χ1v) is 11.9. The van der Waals surface area contributed by atoms with Crippen molar-refractivity contribution in [3.8, 4) is 0 Å². The van der Waals surface area contributed by atoms with Crippen molar-refractivity contribution in [1.82, 2.24) is 10.2 Å². The van der Waals surface area contributed by atoms with Crippen molar-refractivity contribution in [1.29, 1.82) is 0 Å². The summed E-state index contributed by atoms with van der Waals surface area (Å²) < 4.78 is 14.4. The Balaban J connectivity index is 1.18. The molecule has 0 radical (unpaired) electrons. The highest BCUT2D eigenvalue weighted by molar-refractivity contribution is 7.17. The Kier molecular flexibility index (Phi) is 6.70. The van der Waals surface area contributed by atoms with Crippen LogP contribution in [0.15, 0.2) is 23.6 Å². The number of anilines is 1. The van der Waals surface area contributed by atoms with Gasteiger partial charge in [-0.15, -0.1) is 11.3 Å². The van der Waals surface area contributed by atoms with Crippen LogP contribution in [0.2, 0.25) is 0 Å². The summed E-state index contributed by atoms with van der Waals surface area (Å²) in [5.74, 6) is 0.869. The minimum absolute atomic E-state index is 0.169. The number of piperazine rings is 1. The number of benzene rings is 1. The Bertz CT molecular complexity index is 823. The molecule has 0 unspecified atom stereocenters. The molecule has 2 heterocycles. The monoisotopic (exact) mass is 417 g/mol. The van der Waals surface area contributed by atoms with E-state index in [0.29, 0.717) is 12.5 Å². The van der Waals surface area contributed by atoms with Crippen LogP contribution in [0.1, 0.15) is 45.4 Å². The Hall–Kier alpha value is -1.66. The number of carbonyl (C=O) groups excluding carboxylic acids is 1. The number of carbonyl (C=O) groups is 1. The summed E-state index contributed by atoms with van der Waals surface area (Å²) in [4.78, 5) is 17.1. The average Bonchev–Trinajstić information content (AvgIpc) is 3.13. The van der Waals surface area contributed by atoms with Crippen molar-refractivity contribution in [3.63, 3.8) is 0 Å². The molecule has 0 bridgehead atoms. The number of halogens is 1. The van der Waals surface area contributed by atoms with Gasteiger partial charge in [-0.05, 0) is 62.8 Å². The van der Waals surface area contributed by atoms with Crippen LogP contribution in [0.3, 0.4) is 0 Å². The van der Waals surface area contributed by atoms with Crippen LogP contribution >= 0.6 is 11.3 Å². The van der Waals surface area contributed by atoms with Crippen LogP contribution < -0.4 is 10.2 Å². The first kappa shape index (κ1) is 20.6. The molecule has 29 heavy (non-hydrogen) atoms. The molecule has 158 valence electrons. The summed E-state index contributed by atoms with van der Waals surface area (Å²) in [6, 6.07) is 5.47. The van der Waals surface area contributed by atoms with Crippen molar-refractivity contribution >= 4 is 33.0 Å². The molecule has 2 aromatic rings. The number of nitrogens with one attached hydrogen (secondary N) is 1. The third kappa shape index (κ3) is 5.28. The van der Waals surface area contributed by atoms with Gasteiger partial charge in [0.2, 0.25) is 5.91 Å². The number of nitrogens with zero attached hydrogens (tertiary/aromatic N) is 2. The molecule has 0 atom stereocenters. The smallest absolute Gasteiger partial charge is 0.220 e. The van der Waals surface area contributed by atoms with E-state index >= 15 is 0 Å². The summed E-state index contributed by atoms with van der Waals surface area (Å²) in [5.41, 5.74) is 1.23. The molecular formula is C23H32FN3OS. The van der Waals surface area contributed by atoms with Gasteiger partial charge in [0.05, 0.1) is 5.69 Å². The van der Waals surface area contributed by atoms with Crippen LogP contribution in [-0.4, -0.2) is 49.6 Å². The molecule has 1 N–H and O–H groups in total. The summed E-state index contributed by atoms with van der Waals surface area (Å²) in [6.45, 7) is 7.28. The summed E-state index contributed by atoms with van der Waals surface area (Å²) in [7, 11) is 0. The third-order valence-corrected chi connectivity index (χ3v) is 7.42. The van der Waals surface area contributed by atoms with Gasteiger partial charge in [-0.3, -0.25) is 9.69 Å². The van der Waals surface area contributed by atoms with E-state index in [9.17, 15) is 9.18 Å². The largest absolute Gasteiger partial charge is 0.368 e. The van der Waals surface area contributed by atoms with Crippen LogP contribution in [0.5, 0.6) is 0 Å². The van der Waals surface area contributed by atoms with Crippen LogP contribution in [-0.2, 0) is 4.79 Å². The van der Waals surface area contributed by atoms with Gasteiger partial charge < -0.3 is 10.2 Å². The number of amides is 1. The molecular weight excluding hydrogens is 385 g/mol. The van der Waals surface area contributed by atoms with E-state index in [2.05, 4.69) is 27.4 Å². The number of thiophene rings is 1. The molecule has 2 fully saturated rings. The first-order valence-electron chi connectivity index (χ1n) is 11.0. The first-order chi connectivity index (χ1) is 14.1. The fourth-order valence-corrected chi connectivity index (χ4v) is 5.61. The summed E-state index contributed by atoms with van der Waals surface area (Å²) in [6.07, 6.45) is 6.31. The van der Waals surface area contributed by atoms with E-state index in [1.54, 1.807) is 23.5 Å². The van der Waals surface area contributed by atoms with Crippen LogP contribution in [0.25, 0.3) is 10.1 Å². The second-order valence-corrected chi connectivity index (χ2v) is 9.63. The molecule has 4 nitrogen and oxygen atoms in total. The molecule has 1 aliphatic carbocycles. The molecule has 1 saturated carbocycles. The molecule has 1 saturated heterocycles. The zero-order valence-electron chi connectivity index (χ0n) is 17.3. The van der Waals surface area contributed by atoms with E-state index in [0.717, 1.165) is 68.0 Å². The number of fused-ring (bicyclic) bond motifs is 1. The second kappa shape index (κ2) is 9.43. The van der Waals surface area contributed by atoms with E-state index < -0.39 is 0 Å². The van der Waals surface area contributed by atoms with Gasteiger partial charge >= 0.3 is 0 Å². The lowest BCUT2D eigenvalue weighted by atomic mass is 9.87. The van der Waals surface area contributed by atoms with Crippen molar-refractivity contribution in [2.45, 2.75) is 51.5 Å². The van der Waals surface area contributed by atoms with Crippen molar-refractivity contribution in [2.24, 2.45) is 5.92 Å². The fourth-order valence-electron chi connectivity index (χ4n) is 4.61. The van der Waals surface area contributed by atoms with Gasteiger partial charge in [0.15, 0.2) is 0 Å². The van der Waals surface area contributed by atoms with E-state index in [4.69, 9.17) is 0 Å². The Morgan fingerprint density at radius 3 is 2.69 bits per heavy atom. The van der Waals surface area contributed by atoms with E-state index in [1.165, 1.54) is 18.5 Å². The maximum atomic E-state index is 13.4.